The molecule has 4 heterocycles. The van der Waals surface area contributed by atoms with Gasteiger partial charge >= 0.3 is 0 Å². The molecule has 1 aromatic carbocycles. The third kappa shape index (κ3) is 2.43. The molecule has 1 aliphatic rings. The molecule has 1 fully saturated rings. The first-order chi connectivity index (χ1) is 12.9. The van der Waals surface area contributed by atoms with Crippen LogP contribution in [0, 0.1) is 0 Å². The van der Waals surface area contributed by atoms with E-state index in [9.17, 15) is 0 Å². The molecule has 0 unspecified atom stereocenters. The largest absolute Gasteiger partial charge is 0.338 e. The van der Waals surface area contributed by atoms with Crippen molar-refractivity contribution in [2.45, 2.75) is 32.2 Å². The number of benzene rings is 1. The number of aryl methyl sites for hydroxylation is 1. The number of fused-ring (bicyclic) bond motifs is 2. The monoisotopic (exact) mass is 360 g/mol. The number of pyridine rings is 1. The van der Waals surface area contributed by atoms with Gasteiger partial charge in [-0.1, -0.05) is 32.9 Å². The first-order valence-corrected chi connectivity index (χ1v) is 9.43. The van der Waals surface area contributed by atoms with E-state index in [4.69, 9.17) is 9.97 Å². The molecule has 6 heteroatoms. The molecule has 0 radical (unpaired) electrons. The van der Waals surface area contributed by atoms with Gasteiger partial charge in [0.25, 0.3) is 0 Å². The summed E-state index contributed by atoms with van der Waals surface area (Å²) < 4.78 is 4.52. The maximum absolute atomic E-state index is 4.95. The van der Waals surface area contributed by atoms with E-state index in [0.717, 1.165) is 41.5 Å². The van der Waals surface area contributed by atoms with Crippen LogP contribution >= 0.6 is 0 Å². The third-order valence-corrected chi connectivity index (χ3v) is 5.38. The van der Waals surface area contributed by atoms with Gasteiger partial charge in [-0.15, -0.1) is 0 Å². The second-order valence-corrected chi connectivity index (χ2v) is 8.42. The number of hydrogen-bond acceptors (Lipinski definition) is 4. The number of imidazole rings is 2. The van der Waals surface area contributed by atoms with Crippen molar-refractivity contribution in [1.29, 1.82) is 0 Å². The lowest BCUT2D eigenvalue weighted by Crippen LogP contribution is -2.49. The molecule has 5 rings (SSSR count). The van der Waals surface area contributed by atoms with Gasteiger partial charge in [-0.3, -0.25) is 4.57 Å². The molecular weight excluding hydrogens is 336 g/mol. The van der Waals surface area contributed by atoms with Gasteiger partial charge in [-0.2, -0.15) is 0 Å². The van der Waals surface area contributed by atoms with Crippen molar-refractivity contribution in [3.05, 3.63) is 48.4 Å². The Morgan fingerprint density at radius 3 is 2.44 bits per heavy atom. The molecule has 1 saturated heterocycles. The van der Waals surface area contributed by atoms with Crippen LogP contribution < -0.4 is 4.90 Å². The summed E-state index contributed by atoms with van der Waals surface area (Å²) in [6.07, 6.45) is 1.82. The summed E-state index contributed by atoms with van der Waals surface area (Å²) in [5.41, 5.74) is 4.18. The topological polar surface area (TPSA) is 51.8 Å². The van der Waals surface area contributed by atoms with Crippen molar-refractivity contribution in [2.24, 2.45) is 7.05 Å². The second-order valence-electron chi connectivity index (χ2n) is 8.42. The van der Waals surface area contributed by atoms with Crippen LogP contribution in [0.3, 0.4) is 0 Å². The molecule has 138 valence electrons. The normalized spacial score (nSPS) is 15.6. The van der Waals surface area contributed by atoms with Crippen LogP contribution in [0.5, 0.6) is 0 Å². The molecule has 0 aliphatic carbocycles. The lowest BCUT2D eigenvalue weighted by atomic mass is 9.94. The molecule has 27 heavy (non-hydrogen) atoms. The highest BCUT2D eigenvalue weighted by Gasteiger charge is 2.36. The van der Waals surface area contributed by atoms with E-state index in [-0.39, 0.29) is 5.41 Å². The SMILES string of the molecule is Cn1c(N2CC(n3c(C(C)(C)C)nc4ccccc43)C2)nc2cccnc21. The molecule has 0 saturated carbocycles. The fourth-order valence-electron chi connectivity index (χ4n) is 4.02. The fraction of sp³-hybridized carbons (Fsp3) is 0.381. The average molecular weight is 360 g/mol. The summed E-state index contributed by atoms with van der Waals surface area (Å²) in [7, 11) is 2.04. The van der Waals surface area contributed by atoms with E-state index in [1.165, 1.54) is 5.52 Å². The Labute approximate surface area is 158 Å². The highest BCUT2D eigenvalue weighted by molar-refractivity contribution is 5.77. The maximum atomic E-state index is 4.95. The predicted octanol–water partition coefficient (Wildman–Crippen LogP) is 3.68. The number of aromatic nitrogens is 5. The molecular formula is C21H24N6. The average Bonchev–Trinajstić information content (AvgIpc) is 3.14. The van der Waals surface area contributed by atoms with E-state index in [1.807, 2.05) is 25.4 Å². The summed E-state index contributed by atoms with van der Waals surface area (Å²) in [6, 6.07) is 12.8. The second kappa shape index (κ2) is 5.55. The molecule has 3 aromatic heterocycles. The van der Waals surface area contributed by atoms with Crippen molar-refractivity contribution >= 4 is 28.1 Å². The molecule has 0 spiro atoms. The number of anilines is 1. The molecule has 6 nitrogen and oxygen atoms in total. The van der Waals surface area contributed by atoms with Crippen LogP contribution in [0.15, 0.2) is 42.6 Å². The van der Waals surface area contributed by atoms with Gasteiger partial charge in [0, 0.05) is 31.7 Å². The summed E-state index contributed by atoms with van der Waals surface area (Å²) in [6.45, 7) is 8.57. The van der Waals surface area contributed by atoms with Crippen molar-refractivity contribution in [3.8, 4) is 0 Å². The predicted molar refractivity (Wildman–Crippen MR) is 108 cm³/mol. The number of para-hydroxylation sites is 2. The number of nitrogens with zero attached hydrogens (tertiary/aromatic N) is 6. The molecule has 1 aliphatic heterocycles. The Kier molecular flexibility index (Phi) is 3.35. The number of hydrogen-bond donors (Lipinski definition) is 0. The zero-order valence-electron chi connectivity index (χ0n) is 16.2. The Bertz CT molecular complexity index is 1140. The summed E-state index contributed by atoms with van der Waals surface area (Å²) in [5.74, 6) is 2.14. The minimum Gasteiger partial charge on any atom is -0.338 e. The highest BCUT2D eigenvalue weighted by Crippen LogP contribution is 2.35. The molecule has 0 amide bonds. The van der Waals surface area contributed by atoms with Crippen molar-refractivity contribution in [1.82, 2.24) is 24.1 Å². The first-order valence-electron chi connectivity index (χ1n) is 9.43. The van der Waals surface area contributed by atoms with Crippen LogP contribution in [-0.4, -0.2) is 37.2 Å². The summed E-state index contributed by atoms with van der Waals surface area (Å²) in [5, 5.41) is 0. The molecule has 0 atom stereocenters. The van der Waals surface area contributed by atoms with Crippen molar-refractivity contribution in [3.63, 3.8) is 0 Å². The minimum absolute atomic E-state index is 0.00125. The molecule has 4 aromatic rings. The lowest BCUT2D eigenvalue weighted by molar-refractivity contribution is 0.367. The van der Waals surface area contributed by atoms with Crippen LogP contribution in [0.2, 0.25) is 0 Å². The van der Waals surface area contributed by atoms with Gasteiger partial charge in [0.05, 0.1) is 17.1 Å². The van der Waals surface area contributed by atoms with Crippen molar-refractivity contribution in [2.75, 3.05) is 18.0 Å². The smallest absolute Gasteiger partial charge is 0.207 e. The van der Waals surface area contributed by atoms with Gasteiger partial charge in [-0.25, -0.2) is 15.0 Å². The van der Waals surface area contributed by atoms with Gasteiger partial charge in [0.2, 0.25) is 5.95 Å². The Hall–Kier alpha value is -2.89. The van der Waals surface area contributed by atoms with E-state index in [0.29, 0.717) is 6.04 Å². The van der Waals surface area contributed by atoms with Gasteiger partial charge in [-0.05, 0) is 24.3 Å². The zero-order valence-corrected chi connectivity index (χ0v) is 16.2. The number of rotatable bonds is 2. The quantitative estimate of drug-likeness (QED) is 0.547. The van der Waals surface area contributed by atoms with Gasteiger partial charge in [0.15, 0.2) is 5.65 Å². The minimum atomic E-state index is 0.00125. The zero-order chi connectivity index (χ0) is 18.8. The van der Waals surface area contributed by atoms with E-state index in [1.54, 1.807) is 0 Å². The van der Waals surface area contributed by atoms with Gasteiger partial charge in [0.1, 0.15) is 11.3 Å². The van der Waals surface area contributed by atoms with Crippen LogP contribution in [0.4, 0.5) is 5.95 Å². The van der Waals surface area contributed by atoms with Crippen LogP contribution in [0.1, 0.15) is 32.6 Å². The maximum Gasteiger partial charge on any atom is 0.207 e. The molecule has 0 N–H and O–H groups in total. The summed E-state index contributed by atoms with van der Waals surface area (Å²) >= 11 is 0. The van der Waals surface area contributed by atoms with Crippen molar-refractivity contribution < 1.29 is 0 Å². The Morgan fingerprint density at radius 1 is 0.963 bits per heavy atom. The standard InChI is InChI=1S/C21H24N6/c1-21(2,3)19-23-15-8-5-6-10-17(15)27(19)14-12-26(13-14)20-24-16-9-7-11-22-18(16)25(20)4/h5-11,14H,12-13H2,1-4H3. The first kappa shape index (κ1) is 16.3. The highest BCUT2D eigenvalue weighted by atomic mass is 15.4. The van der Waals surface area contributed by atoms with Crippen LogP contribution in [-0.2, 0) is 12.5 Å². The van der Waals surface area contributed by atoms with E-state index < -0.39 is 0 Å². The van der Waals surface area contributed by atoms with Gasteiger partial charge < -0.3 is 9.47 Å². The Balaban J connectivity index is 1.51. The van der Waals surface area contributed by atoms with E-state index in [2.05, 4.69) is 64.1 Å². The van der Waals surface area contributed by atoms with Crippen LogP contribution in [0.25, 0.3) is 22.2 Å². The molecule has 0 bridgehead atoms. The summed E-state index contributed by atoms with van der Waals surface area (Å²) in [4.78, 5) is 16.5. The van der Waals surface area contributed by atoms with E-state index >= 15 is 0 Å². The third-order valence-electron chi connectivity index (χ3n) is 5.38. The Morgan fingerprint density at radius 2 is 1.70 bits per heavy atom. The fourth-order valence-corrected chi connectivity index (χ4v) is 4.02. The lowest BCUT2D eigenvalue weighted by Gasteiger charge is -2.42.